The predicted octanol–water partition coefficient (Wildman–Crippen LogP) is 5.34. The number of halogens is 3. The van der Waals surface area contributed by atoms with Crippen molar-refractivity contribution in [2.24, 2.45) is 0 Å². The summed E-state index contributed by atoms with van der Waals surface area (Å²) in [6.07, 6.45) is 1.67. The fraction of sp³-hybridized carbons (Fsp3) is 0.200. The Morgan fingerprint density at radius 3 is 2.95 bits per heavy atom. The van der Waals surface area contributed by atoms with E-state index in [9.17, 15) is 4.39 Å². The second-order valence-corrected chi connectivity index (χ2v) is 5.96. The van der Waals surface area contributed by atoms with Gasteiger partial charge in [-0.1, -0.05) is 23.7 Å². The van der Waals surface area contributed by atoms with Crippen LogP contribution < -0.4 is 5.32 Å². The van der Waals surface area contributed by atoms with E-state index >= 15 is 0 Å². The highest BCUT2D eigenvalue weighted by Gasteiger charge is 2.25. The summed E-state index contributed by atoms with van der Waals surface area (Å²) in [5.74, 6) is -0.105. The summed E-state index contributed by atoms with van der Waals surface area (Å²) >= 11 is 9.50. The van der Waals surface area contributed by atoms with Crippen molar-refractivity contribution < 1.29 is 4.39 Å². The first-order valence-corrected chi connectivity index (χ1v) is 7.31. The number of fused-ring (bicyclic) bond motifs is 1. The average Bonchev–Trinajstić information content (AvgIpc) is 2.79. The molecule has 1 unspecified atom stereocenters. The van der Waals surface area contributed by atoms with Crippen LogP contribution in [0.3, 0.4) is 0 Å². The van der Waals surface area contributed by atoms with Crippen LogP contribution in [0.5, 0.6) is 0 Å². The van der Waals surface area contributed by atoms with Crippen LogP contribution in [0, 0.1) is 5.82 Å². The molecule has 1 nitrogen and oxygen atoms in total. The van der Waals surface area contributed by atoms with Crippen LogP contribution in [0.25, 0.3) is 0 Å². The van der Waals surface area contributed by atoms with Gasteiger partial charge < -0.3 is 5.32 Å². The molecule has 0 saturated heterocycles. The molecule has 0 amide bonds. The summed E-state index contributed by atoms with van der Waals surface area (Å²) in [7, 11) is 0. The summed E-state index contributed by atoms with van der Waals surface area (Å²) < 4.78 is 14.6. The summed E-state index contributed by atoms with van der Waals surface area (Å²) in [6, 6.07) is 11.0. The van der Waals surface area contributed by atoms with Gasteiger partial charge >= 0.3 is 0 Å². The van der Waals surface area contributed by atoms with Gasteiger partial charge in [0.15, 0.2) is 0 Å². The molecule has 3 rings (SSSR count). The van der Waals surface area contributed by atoms with Crippen molar-refractivity contribution in [3.05, 3.63) is 62.8 Å². The topological polar surface area (TPSA) is 12.0 Å². The molecule has 2 aromatic rings. The lowest BCUT2D eigenvalue weighted by Gasteiger charge is -2.17. The number of rotatable bonds is 2. The van der Waals surface area contributed by atoms with Crippen molar-refractivity contribution in [1.82, 2.24) is 0 Å². The van der Waals surface area contributed by atoms with E-state index in [-0.39, 0.29) is 11.9 Å². The molecule has 19 heavy (non-hydrogen) atoms. The van der Waals surface area contributed by atoms with E-state index in [2.05, 4.69) is 21.2 Å². The van der Waals surface area contributed by atoms with Gasteiger partial charge in [0.2, 0.25) is 0 Å². The molecule has 1 atom stereocenters. The molecule has 0 spiro atoms. The van der Waals surface area contributed by atoms with Gasteiger partial charge in [0.05, 0.1) is 11.7 Å². The SMILES string of the molecule is Fc1cccc2c1CCC2Nc1cc(Cl)ccc1Br. The Morgan fingerprint density at radius 1 is 1.26 bits per heavy atom. The summed E-state index contributed by atoms with van der Waals surface area (Å²) in [5, 5.41) is 4.12. The third kappa shape index (κ3) is 2.49. The van der Waals surface area contributed by atoms with Gasteiger partial charge in [-0.25, -0.2) is 4.39 Å². The molecule has 0 fully saturated rings. The second kappa shape index (κ2) is 5.14. The van der Waals surface area contributed by atoms with Crippen molar-refractivity contribution in [1.29, 1.82) is 0 Å². The maximum Gasteiger partial charge on any atom is 0.126 e. The average molecular weight is 341 g/mol. The molecule has 0 saturated carbocycles. The molecule has 4 heteroatoms. The third-order valence-electron chi connectivity index (χ3n) is 3.47. The van der Waals surface area contributed by atoms with Gasteiger partial charge in [-0.15, -0.1) is 0 Å². The lowest BCUT2D eigenvalue weighted by atomic mass is 10.1. The molecule has 1 aliphatic carbocycles. The van der Waals surface area contributed by atoms with Gasteiger partial charge in [-0.05, 0) is 64.2 Å². The Kier molecular flexibility index (Phi) is 3.50. The van der Waals surface area contributed by atoms with Gasteiger partial charge in [0.25, 0.3) is 0 Å². The molecule has 0 bridgehead atoms. The minimum absolute atomic E-state index is 0.105. The fourth-order valence-corrected chi connectivity index (χ4v) is 3.09. The van der Waals surface area contributed by atoms with Crippen LogP contribution >= 0.6 is 27.5 Å². The first kappa shape index (κ1) is 12.9. The van der Waals surface area contributed by atoms with Crippen LogP contribution in [-0.2, 0) is 6.42 Å². The normalized spacial score (nSPS) is 17.3. The van der Waals surface area contributed by atoms with E-state index in [4.69, 9.17) is 11.6 Å². The van der Waals surface area contributed by atoms with Crippen molar-refractivity contribution in [3.8, 4) is 0 Å². The zero-order valence-corrected chi connectivity index (χ0v) is 12.4. The highest BCUT2D eigenvalue weighted by Crippen LogP contribution is 2.37. The predicted molar refractivity (Wildman–Crippen MR) is 80.2 cm³/mol. The highest BCUT2D eigenvalue weighted by atomic mass is 79.9. The van der Waals surface area contributed by atoms with Crippen LogP contribution in [0.2, 0.25) is 5.02 Å². The van der Waals surface area contributed by atoms with Crippen molar-refractivity contribution >= 4 is 33.2 Å². The van der Waals surface area contributed by atoms with Crippen molar-refractivity contribution in [2.75, 3.05) is 5.32 Å². The lowest BCUT2D eigenvalue weighted by molar-refractivity contribution is 0.612. The number of hydrogen-bond acceptors (Lipinski definition) is 1. The minimum atomic E-state index is -0.105. The number of hydrogen-bond donors (Lipinski definition) is 1. The maximum atomic E-state index is 13.7. The number of anilines is 1. The van der Waals surface area contributed by atoms with Gasteiger partial charge in [0.1, 0.15) is 5.82 Å². The van der Waals surface area contributed by atoms with Crippen LogP contribution in [-0.4, -0.2) is 0 Å². The fourth-order valence-electron chi connectivity index (χ4n) is 2.56. The number of nitrogens with one attached hydrogen (secondary N) is 1. The molecule has 2 aromatic carbocycles. The Bertz CT molecular complexity index is 630. The summed E-state index contributed by atoms with van der Waals surface area (Å²) in [4.78, 5) is 0. The van der Waals surface area contributed by atoms with E-state index in [1.54, 1.807) is 6.07 Å². The van der Waals surface area contributed by atoms with E-state index in [0.29, 0.717) is 5.02 Å². The van der Waals surface area contributed by atoms with Gasteiger partial charge in [0, 0.05) is 9.50 Å². The molecular weight excluding hydrogens is 329 g/mol. The first-order valence-electron chi connectivity index (χ1n) is 6.14. The molecule has 98 valence electrons. The Hall–Kier alpha value is -1.06. The Labute approximate surface area is 124 Å². The standard InChI is InChI=1S/C15H12BrClFN/c16-12-6-4-9(17)8-15(12)19-14-7-5-10-11(14)2-1-3-13(10)18/h1-4,6,8,14,19H,5,7H2. The Balaban J connectivity index is 1.91. The van der Waals surface area contributed by atoms with Crippen molar-refractivity contribution in [2.45, 2.75) is 18.9 Å². The minimum Gasteiger partial charge on any atom is -0.377 e. The van der Waals surface area contributed by atoms with E-state index < -0.39 is 0 Å². The lowest BCUT2D eigenvalue weighted by Crippen LogP contribution is -2.07. The zero-order chi connectivity index (χ0) is 13.4. The summed E-state index contributed by atoms with van der Waals surface area (Å²) in [6.45, 7) is 0. The Morgan fingerprint density at radius 2 is 2.11 bits per heavy atom. The van der Waals surface area contributed by atoms with E-state index in [0.717, 1.165) is 34.1 Å². The molecule has 1 N–H and O–H groups in total. The zero-order valence-electron chi connectivity index (χ0n) is 10.1. The monoisotopic (exact) mass is 339 g/mol. The van der Waals surface area contributed by atoms with Gasteiger partial charge in [-0.3, -0.25) is 0 Å². The smallest absolute Gasteiger partial charge is 0.126 e. The van der Waals surface area contributed by atoms with E-state index in [1.165, 1.54) is 6.07 Å². The third-order valence-corrected chi connectivity index (χ3v) is 4.40. The van der Waals surface area contributed by atoms with Crippen LogP contribution in [0.1, 0.15) is 23.6 Å². The molecule has 0 heterocycles. The molecule has 0 radical (unpaired) electrons. The number of benzene rings is 2. The molecule has 0 aromatic heterocycles. The van der Waals surface area contributed by atoms with Crippen molar-refractivity contribution in [3.63, 3.8) is 0 Å². The quantitative estimate of drug-likeness (QED) is 0.778. The first-order chi connectivity index (χ1) is 9.15. The van der Waals surface area contributed by atoms with Crippen LogP contribution in [0.4, 0.5) is 10.1 Å². The maximum absolute atomic E-state index is 13.7. The van der Waals surface area contributed by atoms with Gasteiger partial charge in [-0.2, -0.15) is 0 Å². The highest BCUT2D eigenvalue weighted by molar-refractivity contribution is 9.10. The molecular formula is C15H12BrClFN. The summed E-state index contributed by atoms with van der Waals surface area (Å²) in [5.41, 5.74) is 2.82. The largest absolute Gasteiger partial charge is 0.377 e. The molecule has 1 aliphatic rings. The molecule has 0 aliphatic heterocycles. The van der Waals surface area contributed by atoms with Crippen LogP contribution in [0.15, 0.2) is 40.9 Å². The second-order valence-electron chi connectivity index (χ2n) is 4.67. The van der Waals surface area contributed by atoms with E-state index in [1.807, 2.05) is 24.3 Å².